The van der Waals surface area contributed by atoms with Crippen LogP contribution in [0.5, 0.6) is 17.2 Å². The van der Waals surface area contributed by atoms with Crippen LogP contribution in [0.4, 0.5) is 0 Å². The maximum atomic E-state index is 10.2. The Morgan fingerprint density at radius 3 is 2.56 bits per heavy atom. The van der Waals surface area contributed by atoms with Crippen molar-refractivity contribution in [2.75, 3.05) is 27.0 Å². The van der Waals surface area contributed by atoms with Gasteiger partial charge < -0.3 is 19.3 Å². The number of aliphatic hydroxyl groups excluding tert-OH is 1. The second-order valence-corrected chi connectivity index (χ2v) is 6.67. The van der Waals surface area contributed by atoms with E-state index in [0.717, 1.165) is 40.5 Å². The lowest BCUT2D eigenvalue weighted by Gasteiger charge is -2.21. The fourth-order valence-corrected chi connectivity index (χ4v) is 3.04. The highest BCUT2D eigenvalue weighted by molar-refractivity contribution is 5.44. The molecule has 2 aromatic carbocycles. The number of rotatable bonds is 7. The molecular formula is C20H25NO4. The minimum absolute atomic E-state index is 0.272. The first kappa shape index (κ1) is 17.6. The third-order valence-corrected chi connectivity index (χ3v) is 4.05. The first-order valence-corrected chi connectivity index (χ1v) is 8.46. The van der Waals surface area contributed by atoms with Crippen LogP contribution in [-0.4, -0.2) is 43.1 Å². The van der Waals surface area contributed by atoms with E-state index in [0.29, 0.717) is 6.54 Å². The summed E-state index contributed by atoms with van der Waals surface area (Å²) in [6.45, 7) is 5.87. The van der Waals surface area contributed by atoms with Gasteiger partial charge in [-0.3, -0.25) is 4.90 Å². The largest absolute Gasteiger partial charge is 0.491 e. The standard InChI is InChI=1S/C20H25NO4/c1-14-6-15(2)8-18(7-14)23-12-17(22)11-21(3)10-16-4-5-19-20(9-16)25-13-24-19/h4-9,17,22H,10-13H2,1-3H3. The molecule has 1 atom stereocenters. The number of likely N-dealkylation sites (N-methyl/N-ethyl adjacent to an activating group) is 1. The number of hydrogen-bond donors (Lipinski definition) is 1. The molecule has 0 aromatic heterocycles. The van der Waals surface area contributed by atoms with E-state index in [1.807, 2.05) is 51.2 Å². The van der Waals surface area contributed by atoms with Crippen LogP contribution in [0.1, 0.15) is 16.7 Å². The summed E-state index contributed by atoms with van der Waals surface area (Å²) in [5.74, 6) is 2.37. The van der Waals surface area contributed by atoms with Gasteiger partial charge in [-0.05, 0) is 61.9 Å². The molecule has 1 aliphatic heterocycles. The smallest absolute Gasteiger partial charge is 0.231 e. The normalized spacial score (nSPS) is 14.0. The van der Waals surface area contributed by atoms with Crippen molar-refractivity contribution >= 4 is 0 Å². The molecule has 134 valence electrons. The first-order chi connectivity index (χ1) is 12.0. The van der Waals surface area contributed by atoms with Gasteiger partial charge in [-0.2, -0.15) is 0 Å². The predicted octanol–water partition coefficient (Wildman–Crippen LogP) is 2.90. The second kappa shape index (κ2) is 7.76. The van der Waals surface area contributed by atoms with Crippen LogP contribution in [-0.2, 0) is 6.54 Å². The average Bonchev–Trinajstić information content (AvgIpc) is 2.99. The number of benzene rings is 2. The summed E-state index contributed by atoms with van der Waals surface area (Å²) in [6, 6.07) is 12.0. The Bertz CT molecular complexity index is 711. The summed E-state index contributed by atoms with van der Waals surface area (Å²) < 4.78 is 16.4. The highest BCUT2D eigenvalue weighted by atomic mass is 16.7. The molecule has 3 rings (SSSR count). The molecule has 1 N–H and O–H groups in total. The maximum absolute atomic E-state index is 10.2. The molecule has 0 aliphatic carbocycles. The van der Waals surface area contributed by atoms with Gasteiger partial charge in [0.2, 0.25) is 6.79 Å². The van der Waals surface area contributed by atoms with E-state index < -0.39 is 6.10 Å². The van der Waals surface area contributed by atoms with E-state index in [4.69, 9.17) is 14.2 Å². The Morgan fingerprint density at radius 1 is 1.08 bits per heavy atom. The topological polar surface area (TPSA) is 51.2 Å². The van der Waals surface area contributed by atoms with Gasteiger partial charge in [0.15, 0.2) is 11.5 Å². The zero-order valence-corrected chi connectivity index (χ0v) is 15.0. The quantitative estimate of drug-likeness (QED) is 0.838. The average molecular weight is 343 g/mol. The number of ether oxygens (including phenoxy) is 3. The number of fused-ring (bicyclic) bond motifs is 1. The highest BCUT2D eigenvalue weighted by Gasteiger charge is 2.15. The molecule has 2 aromatic rings. The first-order valence-electron chi connectivity index (χ1n) is 8.46. The Labute approximate surface area is 148 Å². The summed E-state index contributed by atoms with van der Waals surface area (Å²) >= 11 is 0. The Morgan fingerprint density at radius 2 is 1.80 bits per heavy atom. The van der Waals surface area contributed by atoms with Crippen LogP contribution >= 0.6 is 0 Å². The number of hydrogen-bond acceptors (Lipinski definition) is 5. The number of aryl methyl sites for hydroxylation is 2. The van der Waals surface area contributed by atoms with Crippen molar-refractivity contribution in [2.45, 2.75) is 26.5 Å². The molecule has 1 aliphatic rings. The molecule has 0 amide bonds. The third kappa shape index (κ3) is 4.87. The van der Waals surface area contributed by atoms with E-state index in [1.165, 1.54) is 0 Å². The van der Waals surface area contributed by atoms with Crippen molar-refractivity contribution in [1.29, 1.82) is 0 Å². The maximum Gasteiger partial charge on any atom is 0.231 e. The van der Waals surface area contributed by atoms with Gasteiger partial charge in [-0.25, -0.2) is 0 Å². The van der Waals surface area contributed by atoms with E-state index >= 15 is 0 Å². The zero-order chi connectivity index (χ0) is 17.8. The Kier molecular flexibility index (Phi) is 5.46. The van der Waals surface area contributed by atoms with E-state index in [9.17, 15) is 5.11 Å². The minimum Gasteiger partial charge on any atom is -0.491 e. The van der Waals surface area contributed by atoms with Crippen molar-refractivity contribution < 1.29 is 19.3 Å². The fraction of sp³-hybridized carbons (Fsp3) is 0.400. The number of aliphatic hydroxyl groups is 1. The number of nitrogens with zero attached hydrogens (tertiary/aromatic N) is 1. The molecule has 1 unspecified atom stereocenters. The van der Waals surface area contributed by atoms with Gasteiger partial charge in [0.25, 0.3) is 0 Å². The molecule has 0 saturated heterocycles. The molecule has 25 heavy (non-hydrogen) atoms. The van der Waals surface area contributed by atoms with Crippen LogP contribution in [0.15, 0.2) is 36.4 Å². The molecule has 5 nitrogen and oxygen atoms in total. The Hall–Kier alpha value is -2.24. The van der Waals surface area contributed by atoms with Gasteiger partial charge in [0, 0.05) is 13.1 Å². The monoisotopic (exact) mass is 343 g/mol. The van der Waals surface area contributed by atoms with Crippen molar-refractivity contribution in [3.8, 4) is 17.2 Å². The summed E-state index contributed by atoms with van der Waals surface area (Å²) in [5.41, 5.74) is 3.43. The molecule has 0 bridgehead atoms. The van der Waals surface area contributed by atoms with Crippen LogP contribution < -0.4 is 14.2 Å². The highest BCUT2D eigenvalue weighted by Crippen LogP contribution is 2.32. The lowest BCUT2D eigenvalue weighted by atomic mass is 10.1. The summed E-state index contributed by atoms with van der Waals surface area (Å²) in [6.07, 6.45) is -0.556. The van der Waals surface area contributed by atoms with Gasteiger partial charge in [-0.15, -0.1) is 0 Å². The van der Waals surface area contributed by atoms with Crippen molar-refractivity contribution in [3.63, 3.8) is 0 Å². The third-order valence-electron chi connectivity index (χ3n) is 4.05. The molecule has 1 heterocycles. The van der Waals surface area contributed by atoms with Gasteiger partial charge in [0.1, 0.15) is 18.5 Å². The Balaban J connectivity index is 1.48. The summed E-state index contributed by atoms with van der Waals surface area (Å²) in [4.78, 5) is 2.06. The van der Waals surface area contributed by atoms with E-state index in [2.05, 4.69) is 11.0 Å². The predicted molar refractivity (Wildman–Crippen MR) is 96.3 cm³/mol. The molecule has 0 saturated carbocycles. The van der Waals surface area contributed by atoms with Crippen LogP contribution in [0.3, 0.4) is 0 Å². The van der Waals surface area contributed by atoms with Gasteiger partial charge in [0.05, 0.1) is 0 Å². The molecular weight excluding hydrogens is 318 g/mol. The SMILES string of the molecule is Cc1cc(C)cc(OCC(O)CN(C)Cc2ccc3c(c2)OCO3)c1. The van der Waals surface area contributed by atoms with Crippen molar-refractivity contribution in [1.82, 2.24) is 4.90 Å². The van der Waals surface area contributed by atoms with E-state index in [1.54, 1.807) is 0 Å². The van der Waals surface area contributed by atoms with E-state index in [-0.39, 0.29) is 13.4 Å². The van der Waals surface area contributed by atoms with Gasteiger partial charge in [-0.1, -0.05) is 12.1 Å². The van der Waals surface area contributed by atoms with Crippen molar-refractivity contribution in [3.05, 3.63) is 53.1 Å². The van der Waals surface area contributed by atoms with Gasteiger partial charge >= 0.3 is 0 Å². The summed E-state index contributed by atoms with van der Waals surface area (Å²) in [7, 11) is 1.98. The minimum atomic E-state index is -0.556. The zero-order valence-electron chi connectivity index (χ0n) is 15.0. The molecule has 0 fully saturated rings. The van der Waals surface area contributed by atoms with Crippen LogP contribution in [0, 0.1) is 13.8 Å². The lowest BCUT2D eigenvalue weighted by Crippen LogP contribution is -2.32. The molecule has 0 spiro atoms. The summed E-state index contributed by atoms with van der Waals surface area (Å²) in [5, 5.41) is 10.2. The van der Waals surface area contributed by atoms with Crippen molar-refractivity contribution in [2.24, 2.45) is 0 Å². The fourth-order valence-electron chi connectivity index (χ4n) is 3.04. The van der Waals surface area contributed by atoms with Crippen LogP contribution in [0.25, 0.3) is 0 Å². The molecule has 0 radical (unpaired) electrons. The molecule has 5 heteroatoms. The van der Waals surface area contributed by atoms with Crippen LogP contribution in [0.2, 0.25) is 0 Å². The lowest BCUT2D eigenvalue weighted by molar-refractivity contribution is 0.0743. The second-order valence-electron chi connectivity index (χ2n) is 6.67.